The minimum Gasteiger partial charge on any atom is -0.308 e. The average Bonchev–Trinajstić information content (AvgIpc) is 1.70. The van der Waals surface area contributed by atoms with E-state index in [0.717, 1.165) is 135 Å². The van der Waals surface area contributed by atoms with Gasteiger partial charge in [0.25, 0.3) is 0 Å². The van der Waals surface area contributed by atoms with Crippen LogP contribution in [0, 0.1) is 0 Å². The largest absolute Gasteiger partial charge is 0.308 e. The van der Waals surface area contributed by atoms with Gasteiger partial charge in [0.2, 0.25) is 0 Å². The van der Waals surface area contributed by atoms with Gasteiger partial charge in [0.05, 0.1) is 34.1 Å². The van der Waals surface area contributed by atoms with Gasteiger partial charge in [-0.15, -0.1) is 11.3 Å². The Morgan fingerprint density at radius 2 is 0.436 bits per heavy atom. The predicted octanol–water partition coefficient (Wildman–Crippen LogP) is 26.8. The molecule has 6 nitrogen and oxygen atoms in total. The fourth-order valence-electron chi connectivity index (χ4n) is 13.8. The molecule has 0 spiro atoms. The van der Waals surface area contributed by atoms with E-state index < -0.39 is 0 Å². The lowest BCUT2D eigenvalue weighted by Crippen LogP contribution is -2.10. The summed E-state index contributed by atoms with van der Waals surface area (Å²) in [5.41, 5.74) is 29.8. The van der Waals surface area contributed by atoms with Gasteiger partial charge < -0.3 is 9.80 Å². The minimum absolute atomic E-state index is 0.847. The van der Waals surface area contributed by atoms with Crippen LogP contribution < -0.4 is 9.80 Å². The van der Waals surface area contributed by atoms with Gasteiger partial charge >= 0.3 is 0 Å². The highest BCUT2D eigenvalue weighted by Crippen LogP contribution is 2.54. The molecule has 14 aromatic carbocycles. The van der Waals surface area contributed by atoms with E-state index in [4.69, 9.17) is 17.5 Å². The van der Waals surface area contributed by atoms with Gasteiger partial charge in [0, 0.05) is 43.6 Å². The van der Waals surface area contributed by atoms with Crippen LogP contribution in [0.1, 0.15) is 44.5 Å². The van der Waals surface area contributed by atoms with E-state index in [2.05, 4.69) is 386 Å². The number of para-hydroxylation sites is 2. The molecule has 0 fully saturated rings. The first kappa shape index (κ1) is 62.0. The monoisotopic (exact) mass is 1350 g/mol. The molecule has 0 atom stereocenters. The number of benzene rings is 14. The summed E-state index contributed by atoms with van der Waals surface area (Å²) in [5, 5.41) is 0. The second kappa shape index (κ2) is 28.2. The van der Waals surface area contributed by atoms with Crippen LogP contribution in [-0.2, 0) is 22.7 Å². The minimum atomic E-state index is 0.847. The zero-order valence-electron chi connectivity index (χ0n) is 54.7. The summed E-state index contributed by atoms with van der Waals surface area (Å²) in [5.74, 6) is 0. The number of anilines is 6. The molecule has 0 aliphatic carbocycles. The van der Waals surface area contributed by atoms with Gasteiger partial charge in [-0.2, -0.15) is 17.5 Å². The summed E-state index contributed by atoms with van der Waals surface area (Å²) < 4.78 is 20.0. The molecule has 0 saturated carbocycles. The highest BCUT2D eigenvalue weighted by Gasteiger charge is 2.27. The first-order chi connectivity index (χ1) is 50.1. The molecular weight excluding hydrogens is 1290 g/mol. The summed E-state index contributed by atoms with van der Waals surface area (Å²) in [6.45, 7) is 0. The fraction of sp³-hybridized carbons (Fsp3) is 0. The summed E-state index contributed by atoms with van der Waals surface area (Å²) in [4.78, 5) is 6.99. The van der Waals surface area contributed by atoms with Crippen LogP contribution in [0.25, 0.3) is 65.4 Å². The van der Waals surface area contributed by atoms with Crippen LogP contribution in [0.4, 0.5) is 56.9 Å². The Morgan fingerprint density at radius 1 is 0.198 bits per heavy atom. The molecule has 478 valence electrons. The Bertz CT molecular complexity index is 5260. The maximum Gasteiger partial charge on any atom is 0.129 e. The Kier molecular flexibility index (Phi) is 17.3. The van der Waals surface area contributed by atoms with Crippen molar-refractivity contribution in [1.29, 1.82) is 0 Å². The second-order valence-electron chi connectivity index (χ2n) is 24.6. The molecular formula is C92H62N6S3. The van der Waals surface area contributed by atoms with Gasteiger partial charge in [-0.25, -0.2) is 0 Å². The molecule has 1 aromatic heterocycles. The molecule has 3 heterocycles. The van der Waals surface area contributed by atoms with Crippen molar-refractivity contribution in [2.45, 2.75) is 0 Å². The van der Waals surface area contributed by atoms with Crippen molar-refractivity contribution in [1.82, 2.24) is 0 Å². The zero-order valence-corrected chi connectivity index (χ0v) is 57.2. The number of hydrogen-bond donors (Lipinski definition) is 0. The van der Waals surface area contributed by atoms with Crippen LogP contribution >= 0.6 is 11.3 Å². The van der Waals surface area contributed by atoms with Crippen LogP contribution in [0.15, 0.2) is 394 Å². The molecule has 2 aliphatic heterocycles. The van der Waals surface area contributed by atoms with Gasteiger partial charge in [0.1, 0.15) is 22.7 Å². The predicted molar refractivity (Wildman–Crippen MR) is 427 cm³/mol. The quantitative estimate of drug-likeness (QED) is 0.0804. The maximum absolute atomic E-state index is 5.02. The SMILES string of the molecule is c1ccc(C(=C(c2ccccc2)c2ccc(N(c3ccccc3)c3ccc(-c4ccc(-c5ccc(-c6ccc(-c7ccc(N(c8ccccc8)c8ccc(C(=C(c9ccccc9)c9ccccc9)c9ccccc9)cc8)c8c7N=S=N8)cc6)s5)cc4)c4c3N=S=N4)cc2)c2ccccc2)cc1. The van der Waals surface area contributed by atoms with Gasteiger partial charge in [-0.05, 0) is 174 Å². The zero-order chi connectivity index (χ0) is 67.3. The number of hydrogen-bond acceptors (Lipinski definition) is 7. The summed E-state index contributed by atoms with van der Waals surface area (Å²) in [6, 6.07) is 134. The smallest absolute Gasteiger partial charge is 0.129 e. The third kappa shape index (κ3) is 12.5. The number of thiophene rings is 1. The molecule has 9 heteroatoms. The fourth-order valence-corrected chi connectivity index (χ4v) is 16.0. The lowest BCUT2D eigenvalue weighted by atomic mass is 9.86. The maximum atomic E-state index is 5.02. The first-order valence-corrected chi connectivity index (χ1v) is 36.0. The van der Waals surface area contributed by atoms with E-state index in [1.807, 2.05) is 0 Å². The molecule has 0 radical (unpaired) electrons. The Morgan fingerprint density at radius 3 is 0.723 bits per heavy atom. The van der Waals surface area contributed by atoms with E-state index in [-0.39, 0.29) is 0 Å². The molecule has 17 rings (SSSR count). The van der Waals surface area contributed by atoms with Gasteiger partial charge in [0.15, 0.2) is 0 Å². The number of nitrogens with zero attached hydrogens (tertiary/aromatic N) is 6. The van der Waals surface area contributed by atoms with Crippen molar-refractivity contribution >= 4 is 113 Å². The molecule has 0 saturated heterocycles. The highest BCUT2D eigenvalue weighted by atomic mass is 32.1. The average molecular weight is 1350 g/mol. The Balaban J connectivity index is 0.636. The Hall–Kier alpha value is -12.5. The lowest BCUT2D eigenvalue weighted by Gasteiger charge is -2.27. The van der Waals surface area contributed by atoms with Crippen LogP contribution in [-0.4, -0.2) is 0 Å². The highest BCUT2D eigenvalue weighted by molar-refractivity contribution is 7.58. The topological polar surface area (TPSA) is 55.9 Å². The van der Waals surface area contributed by atoms with Crippen LogP contribution in [0.5, 0.6) is 0 Å². The third-order valence-electron chi connectivity index (χ3n) is 18.6. The van der Waals surface area contributed by atoms with Crippen LogP contribution in [0.2, 0.25) is 0 Å². The van der Waals surface area contributed by atoms with E-state index in [9.17, 15) is 0 Å². The molecule has 0 bridgehead atoms. The van der Waals surface area contributed by atoms with Crippen molar-refractivity contribution in [2.24, 2.45) is 17.5 Å². The lowest BCUT2D eigenvalue weighted by molar-refractivity contribution is 1.27. The van der Waals surface area contributed by atoms with Crippen molar-refractivity contribution in [3.05, 3.63) is 421 Å². The number of fused-ring (bicyclic) bond motifs is 2. The van der Waals surface area contributed by atoms with E-state index in [1.165, 1.54) is 54.8 Å². The molecule has 15 aromatic rings. The third-order valence-corrected chi connectivity index (χ3v) is 20.8. The summed E-state index contributed by atoms with van der Waals surface area (Å²) >= 11 is 4.29. The second-order valence-corrected chi connectivity index (χ2v) is 26.8. The standard InChI is InChI=1S/C92H62N6S3/c1-9-25-67(26-10-1)85(68-27-11-2-12-28-68)87(71-33-17-5-18-34-71)73-49-53-77(54-50-73)97(75-37-21-7-22-38-75)81-59-57-79(89-91(81)95-100-93-89)63-41-45-65(46-42-63)83-61-62-84(99-83)66-47-43-64(44-48-66)80-58-60-82(92-90(80)94-101-96-92)98(76-39-23-8-24-40-76)78-55-51-74(52-56-78)88(72-35-19-6-20-36-72)86(69-29-13-3-14-30-69)70-31-15-4-16-32-70/h1-62H. The summed E-state index contributed by atoms with van der Waals surface area (Å²) in [6.07, 6.45) is 0. The van der Waals surface area contributed by atoms with E-state index >= 15 is 0 Å². The van der Waals surface area contributed by atoms with Crippen molar-refractivity contribution < 1.29 is 0 Å². The van der Waals surface area contributed by atoms with Gasteiger partial charge in [-0.1, -0.05) is 291 Å². The molecule has 0 unspecified atom stereocenters. The molecule has 2 aliphatic rings. The van der Waals surface area contributed by atoms with Crippen molar-refractivity contribution in [2.75, 3.05) is 9.80 Å². The van der Waals surface area contributed by atoms with E-state index in [1.54, 1.807) is 11.3 Å². The molecule has 101 heavy (non-hydrogen) atoms. The van der Waals surface area contributed by atoms with Crippen molar-refractivity contribution in [3.8, 4) is 43.1 Å². The first-order valence-electron chi connectivity index (χ1n) is 33.7. The summed E-state index contributed by atoms with van der Waals surface area (Å²) in [7, 11) is 0. The molecule has 0 N–H and O–H groups in total. The van der Waals surface area contributed by atoms with Crippen molar-refractivity contribution in [3.63, 3.8) is 0 Å². The normalized spacial score (nSPS) is 11.6. The Labute approximate surface area is 599 Å². The molecule has 0 amide bonds. The number of rotatable bonds is 18. The van der Waals surface area contributed by atoms with E-state index in [0.29, 0.717) is 0 Å². The van der Waals surface area contributed by atoms with Crippen LogP contribution in [0.3, 0.4) is 0 Å². The van der Waals surface area contributed by atoms with Gasteiger partial charge in [-0.3, -0.25) is 0 Å².